The van der Waals surface area contributed by atoms with Gasteiger partial charge in [0, 0.05) is 6.54 Å². The summed E-state index contributed by atoms with van der Waals surface area (Å²) >= 11 is 6.92. The second-order valence-corrected chi connectivity index (χ2v) is 4.46. The van der Waals surface area contributed by atoms with E-state index >= 15 is 0 Å². The number of nitrogen functional groups attached to an aromatic ring is 1. The molecule has 3 N–H and O–H groups in total. The zero-order valence-corrected chi connectivity index (χ0v) is 9.96. The van der Waals surface area contributed by atoms with Crippen LogP contribution >= 0.6 is 24.0 Å². The highest BCUT2D eigenvalue weighted by Crippen LogP contribution is 2.06. The SMILES string of the molecule is CSCCCCCn1c(N)n[nH]c1=S. The zero-order valence-electron chi connectivity index (χ0n) is 8.32. The number of unbranched alkanes of at least 4 members (excludes halogenated alkanes) is 2. The van der Waals surface area contributed by atoms with E-state index in [1.807, 2.05) is 16.3 Å². The predicted molar refractivity (Wildman–Crippen MR) is 64.1 cm³/mol. The molecule has 1 aromatic heterocycles. The third kappa shape index (κ3) is 3.34. The van der Waals surface area contributed by atoms with E-state index in [-0.39, 0.29) is 0 Å². The van der Waals surface area contributed by atoms with Crippen LogP contribution in [0.5, 0.6) is 0 Å². The summed E-state index contributed by atoms with van der Waals surface area (Å²) in [6, 6.07) is 0. The normalized spacial score (nSPS) is 10.6. The number of thioether (sulfide) groups is 1. The minimum atomic E-state index is 0.486. The molecule has 1 heterocycles. The Bertz CT molecular complexity index is 317. The van der Waals surface area contributed by atoms with Crippen LogP contribution in [0.25, 0.3) is 0 Å². The molecule has 4 nitrogen and oxygen atoms in total. The maximum Gasteiger partial charge on any atom is 0.220 e. The van der Waals surface area contributed by atoms with Gasteiger partial charge in [0.25, 0.3) is 0 Å². The smallest absolute Gasteiger partial charge is 0.220 e. The van der Waals surface area contributed by atoms with E-state index in [0.29, 0.717) is 10.7 Å². The van der Waals surface area contributed by atoms with Crippen molar-refractivity contribution in [3.63, 3.8) is 0 Å². The van der Waals surface area contributed by atoms with E-state index in [4.69, 9.17) is 18.0 Å². The van der Waals surface area contributed by atoms with E-state index in [2.05, 4.69) is 16.5 Å². The van der Waals surface area contributed by atoms with Crippen molar-refractivity contribution in [3.05, 3.63) is 4.77 Å². The molecule has 0 spiro atoms. The van der Waals surface area contributed by atoms with Crippen LogP contribution in [0.15, 0.2) is 0 Å². The molecule has 0 aliphatic carbocycles. The molecule has 0 unspecified atom stereocenters. The van der Waals surface area contributed by atoms with Crippen LogP contribution in [-0.2, 0) is 6.54 Å². The summed E-state index contributed by atoms with van der Waals surface area (Å²) in [4.78, 5) is 0. The molecule has 0 aliphatic rings. The van der Waals surface area contributed by atoms with Crippen LogP contribution in [0.3, 0.4) is 0 Å². The molecule has 80 valence electrons. The standard InChI is InChI=1S/C8H16N4S2/c1-14-6-4-2-3-5-12-7(9)10-11-8(12)13/h2-6H2,1H3,(H2,9,10)(H,11,13). The molecule has 1 rings (SSSR count). The topological polar surface area (TPSA) is 59.6 Å². The lowest BCUT2D eigenvalue weighted by Crippen LogP contribution is -2.03. The van der Waals surface area contributed by atoms with Gasteiger partial charge in [0.2, 0.25) is 5.95 Å². The Morgan fingerprint density at radius 2 is 2.29 bits per heavy atom. The van der Waals surface area contributed by atoms with Gasteiger partial charge < -0.3 is 5.73 Å². The highest BCUT2D eigenvalue weighted by atomic mass is 32.2. The summed E-state index contributed by atoms with van der Waals surface area (Å²) in [5.41, 5.74) is 5.63. The molecule has 0 saturated carbocycles. The van der Waals surface area contributed by atoms with E-state index in [1.165, 1.54) is 18.6 Å². The average molecular weight is 232 g/mol. The number of H-pyrrole nitrogens is 1. The first-order valence-electron chi connectivity index (χ1n) is 4.65. The fourth-order valence-corrected chi connectivity index (χ4v) is 1.96. The number of nitrogens with two attached hydrogens (primary N) is 1. The molecule has 6 heteroatoms. The number of rotatable bonds is 6. The summed E-state index contributed by atoms with van der Waals surface area (Å²) in [6.07, 6.45) is 5.71. The summed E-state index contributed by atoms with van der Waals surface area (Å²) in [5, 5.41) is 6.53. The molecule has 1 aromatic rings. The molecule has 0 saturated heterocycles. The molecule has 14 heavy (non-hydrogen) atoms. The van der Waals surface area contributed by atoms with Crippen molar-refractivity contribution < 1.29 is 0 Å². The maximum absolute atomic E-state index is 5.63. The fraction of sp³-hybridized carbons (Fsp3) is 0.750. The molecular formula is C8H16N4S2. The minimum Gasteiger partial charge on any atom is -0.368 e. The van der Waals surface area contributed by atoms with Crippen molar-refractivity contribution >= 4 is 29.9 Å². The van der Waals surface area contributed by atoms with Gasteiger partial charge in [0.1, 0.15) is 0 Å². The lowest BCUT2D eigenvalue weighted by molar-refractivity contribution is 0.603. The Kier molecular flexibility index (Phi) is 5.03. The van der Waals surface area contributed by atoms with Crippen molar-refractivity contribution in [1.82, 2.24) is 14.8 Å². The predicted octanol–water partition coefficient (Wildman–Crippen LogP) is 2.06. The van der Waals surface area contributed by atoms with E-state index in [9.17, 15) is 0 Å². The molecule has 0 radical (unpaired) electrons. The summed E-state index contributed by atoms with van der Waals surface area (Å²) in [5.74, 6) is 1.71. The van der Waals surface area contributed by atoms with Gasteiger partial charge in [0.05, 0.1) is 0 Å². The largest absolute Gasteiger partial charge is 0.368 e. The molecule has 0 atom stereocenters. The number of nitrogens with one attached hydrogen (secondary N) is 1. The monoisotopic (exact) mass is 232 g/mol. The Labute approximate surface area is 93.3 Å². The van der Waals surface area contributed by atoms with Crippen molar-refractivity contribution in [2.24, 2.45) is 0 Å². The maximum atomic E-state index is 5.63. The molecular weight excluding hydrogens is 216 g/mol. The Hall–Kier alpha value is -0.490. The minimum absolute atomic E-state index is 0.486. The number of aromatic amines is 1. The lowest BCUT2D eigenvalue weighted by Gasteiger charge is -2.02. The number of hydrogen-bond donors (Lipinski definition) is 2. The van der Waals surface area contributed by atoms with Crippen LogP contribution in [0, 0.1) is 4.77 Å². The first-order chi connectivity index (χ1) is 6.75. The van der Waals surface area contributed by atoms with Crippen LogP contribution in [-0.4, -0.2) is 26.8 Å². The van der Waals surface area contributed by atoms with E-state index in [0.717, 1.165) is 13.0 Å². The molecule has 0 fully saturated rings. The van der Waals surface area contributed by atoms with Crippen molar-refractivity contribution in [3.8, 4) is 0 Å². The van der Waals surface area contributed by atoms with Gasteiger partial charge in [0.15, 0.2) is 4.77 Å². The van der Waals surface area contributed by atoms with Crippen molar-refractivity contribution in [2.75, 3.05) is 17.7 Å². The third-order valence-electron chi connectivity index (χ3n) is 2.02. The zero-order chi connectivity index (χ0) is 10.4. The average Bonchev–Trinajstić information content (AvgIpc) is 2.48. The van der Waals surface area contributed by atoms with Crippen molar-refractivity contribution in [1.29, 1.82) is 0 Å². The van der Waals surface area contributed by atoms with Gasteiger partial charge in [-0.05, 0) is 37.1 Å². The molecule has 0 aliphatic heterocycles. The van der Waals surface area contributed by atoms with Gasteiger partial charge in [-0.1, -0.05) is 6.42 Å². The number of aromatic nitrogens is 3. The van der Waals surface area contributed by atoms with E-state index in [1.54, 1.807) is 0 Å². The molecule has 0 aromatic carbocycles. The van der Waals surface area contributed by atoms with Gasteiger partial charge in [-0.15, -0.1) is 5.10 Å². The number of nitrogens with zero attached hydrogens (tertiary/aromatic N) is 2. The third-order valence-corrected chi connectivity index (χ3v) is 3.03. The fourth-order valence-electron chi connectivity index (χ4n) is 1.24. The Balaban J connectivity index is 2.28. The van der Waals surface area contributed by atoms with Crippen LogP contribution in [0.1, 0.15) is 19.3 Å². The Morgan fingerprint density at radius 3 is 2.86 bits per heavy atom. The van der Waals surface area contributed by atoms with Crippen molar-refractivity contribution in [2.45, 2.75) is 25.8 Å². The summed E-state index contributed by atoms with van der Waals surface area (Å²) in [7, 11) is 0. The number of anilines is 1. The molecule has 0 bridgehead atoms. The highest BCUT2D eigenvalue weighted by molar-refractivity contribution is 7.98. The quantitative estimate of drug-likeness (QED) is 0.582. The highest BCUT2D eigenvalue weighted by Gasteiger charge is 2.00. The number of hydrogen-bond acceptors (Lipinski definition) is 4. The van der Waals surface area contributed by atoms with Gasteiger partial charge in [-0.3, -0.25) is 4.57 Å². The first kappa shape index (κ1) is 11.6. The summed E-state index contributed by atoms with van der Waals surface area (Å²) in [6.45, 7) is 0.871. The van der Waals surface area contributed by atoms with Crippen LogP contribution in [0.2, 0.25) is 0 Å². The van der Waals surface area contributed by atoms with Crippen LogP contribution < -0.4 is 5.73 Å². The van der Waals surface area contributed by atoms with Crippen LogP contribution in [0.4, 0.5) is 5.95 Å². The molecule has 0 amide bonds. The van der Waals surface area contributed by atoms with Gasteiger partial charge in [-0.2, -0.15) is 11.8 Å². The van der Waals surface area contributed by atoms with Gasteiger partial charge >= 0.3 is 0 Å². The Morgan fingerprint density at radius 1 is 1.50 bits per heavy atom. The lowest BCUT2D eigenvalue weighted by atomic mass is 10.2. The summed E-state index contributed by atoms with van der Waals surface area (Å²) < 4.78 is 2.46. The first-order valence-corrected chi connectivity index (χ1v) is 6.45. The second kappa shape index (κ2) is 6.08. The second-order valence-electron chi connectivity index (χ2n) is 3.09. The van der Waals surface area contributed by atoms with Gasteiger partial charge in [-0.25, -0.2) is 5.10 Å². The van der Waals surface area contributed by atoms with E-state index < -0.39 is 0 Å².